The molecule has 8 heteroatoms. The molecular formula is C12H13N5OS2. The lowest BCUT2D eigenvalue weighted by Crippen LogP contribution is -2.10. The predicted octanol–water partition coefficient (Wildman–Crippen LogP) is 2.95. The Hall–Kier alpha value is -1.80. The van der Waals surface area contributed by atoms with Gasteiger partial charge in [-0.3, -0.25) is 4.57 Å². The minimum absolute atomic E-state index is 0.0656. The molecular weight excluding hydrogens is 294 g/mol. The second-order valence-electron chi connectivity index (χ2n) is 4.18. The third-order valence-electron chi connectivity index (χ3n) is 3.10. The van der Waals surface area contributed by atoms with Gasteiger partial charge in [-0.25, -0.2) is 9.97 Å². The van der Waals surface area contributed by atoms with E-state index in [1.54, 1.807) is 24.6 Å². The third-order valence-corrected chi connectivity index (χ3v) is 4.28. The van der Waals surface area contributed by atoms with Crippen molar-refractivity contribution in [3.63, 3.8) is 0 Å². The van der Waals surface area contributed by atoms with E-state index < -0.39 is 0 Å². The summed E-state index contributed by atoms with van der Waals surface area (Å²) >= 11 is 7.05. The first-order valence-corrected chi connectivity index (χ1v) is 7.43. The van der Waals surface area contributed by atoms with Crippen LogP contribution in [0, 0.1) is 4.77 Å². The lowest BCUT2D eigenvalue weighted by molar-refractivity contribution is 0.401. The van der Waals surface area contributed by atoms with E-state index in [1.807, 2.05) is 9.95 Å². The molecule has 1 atom stereocenters. The zero-order valence-electron chi connectivity index (χ0n) is 11.0. The minimum Gasteiger partial charge on any atom is -0.479 e. The highest BCUT2D eigenvalue weighted by molar-refractivity contribution is 7.71. The molecule has 0 saturated heterocycles. The van der Waals surface area contributed by atoms with Crippen molar-refractivity contribution in [2.75, 3.05) is 7.11 Å². The number of aromatic nitrogens is 5. The third kappa shape index (κ3) is 2.01. The fourth-order valence-corrected chi connectivity index (χ4v) is 3.35. The molecule has 0 aliphatic carbocycles. The Bertz CT molecular complexity index is 777. The average Bonchev–Trinajstić information content (AvgIpc) is 3.08. The summed E-state index contributed by atoms with van der Waals surface area (Å²) in [5, 5.41) is 2.98. The van der Waals surface area contributed by atoms with E-state index >= 15 is 0 Å². The average molecular weight is 307 g/mol. The normalized spacial score (nSPS) is 12.7. The number of rotatable bonds is 4. The zero-order valence-corrected chi connectivity index (χ0v) is 12.7. The first-order valence-electron chi connectivity index (χ1n) is 6.14. The van der Waals surface area contributed by atoms with Crippen molar-refractivity contribution >= 4 is 34.7 Å². The lowest BCUT2D eigenvalue weighted by atomic mass is 10.2. The van der Waals surface area contributed by atoms with Crippen LogP contribution in [0.2, 0.25) is 0 Å². The van der Waals surface area contributed by atoms with Gasteiger partial charge in [0.2, 0.25) is 5.88 Å². The van der Waals surface area contributed by atoms with Crippen molar-refractivity contribution in [1.82, 2.24) is 24.5 Å². The van der Waals surface area contributed by atoms with Gasteiger partial charge in [-0.1, -0.05) is 6.92 Å². The van der Waals surface area contributed by atoms with Crippen LogP contribution in [0.3, 0.4) is 0 Å². The molecule has 3 heterocycles. The number of ether oxygens (including phenoxy) is 1. The highest BCUT2D eigenvalue weighted by atomic mass is 32.1. The Morgan fingerprint density at radius 3 is 2.95 bits per heavy atom. The molecule has 0 fully saturated rings. The number of H-pyrrole nitrogens is 1. The minimum atomic E-state index is 0.0656. The number of thiazole rings is 1. The van der Waals surface area contributed by atoms with Crippen LogP contribution < -0.4 is 4.74 Å². The van der Waals surface area contributed by atoms with Gasteiger partial charge in [0.1, 0.15) is 16.9 Å². The highest BCUT2D eigenvalue weighted by Gasteiger charge is 2.20. The highest BCUT2D eigenvalue weighted by Crippen LogP contribution is 2.29. The van der Waals surface area contributed by atoms with E-state index in [9.17, 15) is 0 Å². The van der Waals surface area contributed by atoms with Crippen LogP contribution in [0.4, 0.5) is 0 Å². The Balaban J connectivity index is 2.25. The van der Waals surface area contributed by atoms with E-state index in [0.29, 0.717) is 10.7 Å². The van der Waals surface area contributed by atoms with Crippen molar-refractivity contribution in [2.45, 2.75) is 19.4 Å². The molecule has 0 spiro atoms. The molecule has 0 bridgehead atoms. The molecule has 20 heavy (non-hydrogen) atoms. The maximum atomic E-state index is 5.44. The summed E-state index contributed by atoms with van der Waals surface area (Å²) in [6.07, 6.45) is 4.16. The first kappa shape index (κ1) is 13.2. The fraction of sp³-hybridized carbons (Fsp3) is 0.333. The second-order valence-corrected chi connectivity index (χ2v) is 5.49. The van der Waals surface area contributed by atoms with Gasteiger partial charge in [0.25, 0.3) is 0 Å². The van der Waals surface area contributed by atoms with E-state index in [0.717, 1.165) is 22.6 Å². The Labute approximate surface area is 124 Å². The predicted molar refractivity (Wildman–Crippen MR) is 79.8 cm³/mol. The molecule has 0 aliphatic rings. The maximum absolute atomic E-state index is 5.44. The number of aromatic amines is 1. The largest absolute Gasteiger partial charge is 0.479 e. The van der Waals surface area contributed by atoms with Gasteiger partial charge in [0.15, 0.2) is 10.4 Å². The Kier molecular flexibility index (Phi) is 3.49. The molecule has 1 unspecified atom stereocenters. The van der Waals surface area contributed by atoms with Crippen molar-refractivity contribution in [3.05, 3.63) is 27.7 Å². The topological polar surface area (TPSA) is 68.6 Å². The summed E-state index contributed by atoms with van der Waals surface area (Å²) < 4.78 is 7.82. The summed E-state index contributed by atoms with van der Waals surface area (Å²) in [5.41, 5.74) is 1.46. The van der Waals surface area contributed by atoms with Gasteiger partial charge in [0, 0.05) is 11.6 Å². The van der Waals surface area contributed by atoms with Gasteiger partial charge in [-0.05, 0) is 18.6 Å². The number of methoxy groups -OCH3 is 1. The SMILES string of the molecule is CCC(c1nccs1)n1c(=S)[nH]c2c(OC)ncnc21. The summed E-state index contributed by atoms with van der Waals surface area (Å²) in [6, 6.07) is 0.0656. The van der Waals surface area contributed by atoms with E-state index in [-0.39, 0.29) is 6.04 Å². The first-order chi connectivity index (χ1) is 9.76. The number of hydrogen-bond acceptors (Lipinski definition) is 6. The van der Waals surface area contributed by atoms with Gasteiger partial charge in [-0.2, -0.15) is 4.98 Å². The van der Waals surface area contributed by atoms with Crippen molar-refractivity contribution in [2.24, 2.45) is 0 Å². The summed E-state index contributed by atoms with van der Waals surface area (Å²) in [7, 11) is 1.58. The summed E-state index contributed by atoms with van der Waals surface area (Å²) in [4.78, 5) is 16.0. The van der Waals surface area contributed by atoms with Crippen LogP contribution >= 0.6 is 23.6 Å². The standard InChI is InChI=1S/C12H13N5OS2/c1-3-7(11-13-4-5-20-11)17-9-8(16-12(17)19)10(18-2)15-6-14-9/h4-7H,3H2,1-2H3,(H,16,19). The zero-order chi connectivity index (χ0) is 14.1. The maximum Gasteiger partial charge on any atom is 0.242 e. The van der Waals surface area contributed by atoms with E-state index in [2.05, 4.69) is 26.9 Å². The molecule has 0 aliphatic heterocycles. The molecule has 3 aromatic heterocycles. The van der Waals surface area contributed by atoms with Gasteiger partial charge < -0.3 is 9.72 Å². The van der Waals surface area contributed by atoms with Crippen molar-refractivity contribution < 1.29 is 4.74 Å². The van der Waals surface area contributed by atoms with Crippen LogP contribution in [-0.4, -0.2) is 31.6 Å². The summed E-state index contributed by atoms with van der Waals surface area (Å²) in [6.45, 7) is 2.10. The lowest BCUT2D eigenvalue weighted by Gasteiger charge is -2.14. The quantitative estimate of drug-likeness (QED) is 0.751. The van der Waals surface area contributed by atoms with Gasteiger partial charge >= 0.3 is 0 Å². The molecule has 0 amide bonds. The van der Waals surface area contributed by atoms with Crippen LogP contribution in [0.15, 0.2) is 17.9 Å². The van der Waals surface area contributed by atoms with E-state index in [4.69, 9.17) is 17.0 Å². The summed E-state index contributed by atoms with van der Waals surface area (Å²) in [5.74, 6) is 0.494. The number of fused-ring (bicyclic) bond motifs is 1. The molecule has 0 saturated carbocycles. The Morgan fingerprint density at radius 2 is 2.30 bits per heavy atom. The molecule has 0 radical (unpaired) electrons. The van der Waals surface area contributed by atoms with Crippen LogP contribution in [0.25, 0.3) is 11.2 Å². The second kappa shape index (κ2) is 5.29. The monoisotopic (exact) mass is 307 g/mol. The molecule has 0 aromatic carbocycles. The van der Waals surface area contributed by atoms with Gasteiger partial charge in [0.05, 0.1) is 13.2 Å². The van der Waals surface area contributed by atoms with Crippen molar-refractivity contribution in [1.29, 1.82) is 0 Å². The van der Waals surface area contributed by atoms with Gasteiger partial charge in [-0.15, -0.1) is 11.3 Å². The molecule has 3 aromatic rings. The smallest absolute Gasteiger partial charge is 0.242 e. The van der Waals surface area contributed by atoms with Crippen LogP contribution in [-0.2, 0) is 0 Å². The molecule has 104 valence electrons. The van der Waals surface area contributed by atoms with Crippen molar-refractivity contribution in [3.8, 4) is 5.88 Å². The van der Waals surface area contributed by atoms with Crippen LogP contribution in [0.1, 0.15) is 24.4 Å². The molecule has 1 N–H and O–H groups in total. The molecule has 3 rings (SSSR count). The Morgan fingerprint density at radius 1 is 1.45 bits per heavy atom. The molecule has 6 nitrogen and oxygen atoms in total. The van der Waals surface area contributed by atoms with Crippen LogP contribution in [0.5, 0.6) is 5.88 Å². The fourth-order valence-electron chi connectivity index (χ4n) is 2.23. The van der Waals surface area contributed by atoms with E-state index in [1.165, 1.54) is 6.33 Å². The number of nitrogens with zero attached hydrogens (tertiary/aromatic N) is 4. The number of imidazole rings is 1. The number of hydrogen-bond donors (Lipinski definition) is 1. The number of nitrogens with one attached hydrogen (secondary N) is 1.